The highest BCUT2D eigenvalue weighted by Crippen LogP contribution is 2.19. The zero-order valence-corrected chi connectivity index (χ0v) is 11.2. The first-order valence-electron chi connectivity index (χ1n) is 6.12. The lowest BCUT2D eigenvalue weighted by Gasteiger charge is -2.18. The number of rotatable bonds is 5. The SMILES string of the molecule is CC#CCC(NCCC)c1cc(C)nnc1C. The molecule has 0 aliphatic carbocycles. The number of nitrogens with one attached hydrogen (secondary N) is 1. The average Bonchev–Trinajstić information content (AvgIpc) is 2.33. The van der Waals surface area contributed by atoms with Crippen molar-refractivity contribution in [1.82, 2.24) is 15.5 Å². The van der Waals surface area contributed by atoms with Gasteiger partial charge in [-0.15, -0.1) is 11.8 Å². The van der Waals surface area contributed by atoms with Crippen LogP contribution in [0.3, 0.4) is 0 Å². The molecule has 0 bridgehead atoms. The summed E-state index contributed by atoms with van der Waals surface area (Å²) in [6, 6.07) is 2.36. The summed E-state index contributed by atoms with van der Waals surface area (Å²) in [6.45, 7) is 9.01. The summed E-state index contributed by atoms with van der Waals surface area (Å²) in [5.74, 6) is 6.09. The molecule has 1 rings (SSSR count). The summed E-state index contributed by atoms with van der Waals surface area (Å²) in [7, 11) is 0. The van der Waals surface area contributed by atoms with Crippen molar-refractivity contribution in [3.05, 3.63) is 23.0 Å². The normalized spacial score (nSPS) is 11.8. The quantitative estimate of drug-likeness (QED) is 0.791. The number of nitrogens with zero attached hydrogens (tertiary/aromatic N) is 2. The van der Waals surface area contributed by atoms with Crippen molar-refractivity contribution >= 4 is 0 Å². The maximum atomic E-state index is 4.18. The first-order valence-corrected chi connectivity index (χ1v) is 6.12. The second-order valence-corrected chi connectivity index (χ2v) is 4.16. The van der Waals surface area contributed by atoms with Gasteiger partial charge in [0.25, 0.3) is 0 Å². The lowest BCUT2D eigenvalue weighted by molar-refractivity contribution is 0.536. The standard InChI is InChI=1S/C14H21N3/c1-5-7-8-14(15-9-6-2)13-10-11(3)16-17-12(13)4/h10,14-15H,6,8-9H2,1-4H3. The van der Waals surface area contributed by atoms with Crippen LogP contribution in [0.1, 0.15) is 49.7 Å². The number of aromatic nitrogens is 2. The van der Waals surface area contributed by atoms with Gasteiger partial charge in [0.2, 0.25) is 0 Å². The van der Waals surface area contributed by atoms with Gasteiger partial charge in [0, 0.05) is 12.5 Å². The summed E-state index contributed by atoms with van der Waals surface area (Å²) in [4.78, 5) is 0. The molecule has 1 aromatic rings. The molecule has 1 atom stereocenters. The van der Waals surface area contributed by atoms with Crippen LogP contribution >= 0.6 is 0 Å². The Hall–Kier alpha value is -1.40. The molecule has 3 nitrogen and oxygen atoms in total. The minimum Gasteiger partial charge on any atom is -0.309 e. The van der Waals surface area contributed by atoms with Crippen molar-refractivity contribution in [2.45, 2.75) is 46.6 Å². The van der Waals surface area contributed by atoms with Gasteiger partial charge in [0.05, 0.1) is 11.4 Å². The molecule has 1 unspecified atom stereocenters. The topological polar surface area (TPSA) is 37.8 Å². The highest BCUT2D eigenvalue weighted by Gasteiger charge is 2.13. The fraction of sp³-hybridized carbons (Fsp3) is 0.571. The summed E-state index contributed by atoms with van der Waals surface area (Å²) in [5.41, 5.74) is 3.16. The average molecular weight is 231 g/mol. The zero-order chi connectivity index (χ0) is 12.7. The van der Waals surface area contributed by atoms with Crippen LogP contribution < -0.4 is 5.32 Å². The highest BCUT2D eigenvalue weighted by molar-refractivity contribution is 5.25. The van der Waals surface area contributed by atoms with E-state index >= 15 is 0 Å². The molecule has 0 aliphatic heterocycles. The van der Waals surface area contributed by atoms with E-state index in [9.17, 15) is 0 Å². The van der Waals surface area contributed by atoms with Crippen molar-refractivity contribution in [2.24, 2.45) is 0 Å². The van der Waals surface area contributed by atoms with Crippen molar-refractivity contribution < 1.29 is 0 Å². The van der Waals surface area contributed by atoms with Gasteiger partial charge in [0.1, 0.15) is 0 Å². The molecular formula is C14H21N3. The summed E-state index contributed by atoms with van der Waals surface area (Å²) in [6.07, 6.45) is 1.94. The van der Waals surface area contributed by atoms with Gasteiger partial charge in [-0.2, -0.15) is 10.2 Å². The first kappa shape index (κ1) is 13.7. The van der Waals surface area contributed by atoms with Crippen molar-refractivity contribution in [1.29, 1.82) is 0 Å². The predicted molar refractivity (Wildman–Crippen MR) is 70.6 cm³/mol. The third-order valence-electron chi connectivity index (χ3n) is 2.64. The lowest BCUT2D eigenvalue weighted by atomic mass is 10.0. The Labute approximate surface area is 104 Å². The Balaban J connectivity index is 2.92. The fourth-order valence-corrected chi connectivity index (χ4v) is 1.74. The van der Waals surface area contributed by atoms with Gasteiger partial charge < -0.3 is 5.32 Å². The Morgan fingerprint density at radius 2 is 2.12 bits per heavy atom. The highest BCUT2D eigenvalue weighted by atomic mass is 15.1. The Morgan fingerprint density at radius 3 is 2.76 bits per heavy atom. The van der Waals surface area contributed by atoms with Crippen LogP contribution in [0.4, 0.5) is 0 Å². The van der Waals surface area contributed by atoms with Crippen molar-refractivity contribution in [3.8, 4) is 11.8 Å². The van der Waals surface area contributed by atoms with E-state index in [4.69, 9.17) is 0 Å². The molecule has 0 aromatic carbocycles. The molecule has 3 heteroatoms. The van der Waals surface area contributed by atoms with Gasteiger partial charge in [-0.05, 0) is 45.4 Å². The molecule has 0 radical (unpaired) electrons. The van der Waals surface area contributed by atoms with Gasteiger partial charge in [0.15, 0.2) is 0 Å². The van der Waals surface area contributed by atoms with E-state index in [-0.39, 0.29) is 6.04 Å². The maximum absolute atomic E-state index is 4.18. The zero-order valence-electron chi connectivity index (χ0n) is 11.2. The molecule has 1 aromatic heterocycles. The minimum absolute atomic E-state index is 0.261. The van der Waals surface area contributed by atoms with Crippen molar-refractivity contribution in [3.63, 3.8) is 0 Å². The summed E-state index contributed by atoms with van der Waals surface area (Å²) < 4.78 is 0. The van der Waals surface area contributed by atoms with E-state index in [2.05, 4.69) is 40.3 Å². The van der Waals surface area contributed by atoms with E-state index in [1.54, 1.807) is 0 Å². The monoisotopic (exact) mass is 231 g/mol. The maximum Gasteiger partial charge on any atom is 0.0648 e. The van der Waals surface area contributed by atoms with Crippen LogP contribution in [0.15, 0.2) is 6.07 Å². The molecule has 17 heavy (non-hydrogen) atoms. The first-order chi connectivity index (χ1) is 8.19. The molecule has 92 valence electrons. The lowest BCUT2D eigenvalue weighted by Crippen LogP contribution is -2.23. The second-order valence-electron chi connectivity index (χ2n) is 4.16. The number of hydrogen-bond donors (Lipinski definition) is 1. The molecule has 0 aliphatic rings. The molecule has 0 fully saturated rings. The molecule has 0 amide bonds. The number of hydrogen-bond acceptors (Lipinski definition) is 3. The minimum atomic E-state index is 0.261. The van der Waals surface area contributed by atoms with E-state index in [0.717, 1.165) is 30.8 Å². The predicted octanol–water partition coefficient (Wildman–Crippen LogP) is 2.55. The van der Waals surface area contributed by atoms with Crippen molar-refractivity contribution in [2.75, 3.05) is 6.54 Å². The largest absolute Gasteiger partial charge is 0.309 e. The fourth-order valence-electron chi connectivity index (χ4n) is 1.74. The van der Waals surface area contributed by atoms with Gasteiger partial charge >= 0.3 is 0 Å². The molecule has 0 spiro atoms. The molecular weight excluding hydrogens is 210 g/mol. The second kappa shape index (κ2) is 7.03. The Kier molecular flexibility index (Phi) is 5.65. The van der Waals surface area contributed by atoms with Crippen LogP contribution in [0, 0.1) is 25.7 Å². The summed E-state index contributed by atoms with van der Waals surface area (Å²) >= 11 is 0. The van der Waals surface area contributed by atoms with E-state index in [0.29, 0.717) is 0 Å². The van der Waals surface area contributed by atoms with Crippen LogP contribution in [0.5, 0.6) is 0 Å². The molecule has 1 heterocycles. The van der Waals surface area contributed by atoms with Gasteiger partial charge in [-0.25, -0.2) is 0 Å². The van der Waals surface area contributed by atoms with E-state index in [1.165, 1.54) is 5.56 Å². The van der Waals surface area contributed by atoms with Crippen LogP contribution in [-0.2, 0) is 0 Å². The molecule has 0 saturated carbocycles. The van der Waals surface area contributed by atoms with E-state index < -0.39 is 0 Å². The van der Waals surface area contributed by atoms with Gasteiger partial charge in [-0.3, -0.25) is 0 Å². The van der Waals surface area contributed by atoms with Crippen LogP contribution in [-0.4, -0.2) is 16.7 Å². The Bertz CT molecular complexity index is 415. The smallest absolute Gasteiger partial charge is 0.0648 e. The summed E-state index contributed by atoms with van der Waals surface area (Å²) in [5, 5.41) is 11.8. The third kappa shape index (κ3) is 4.16. The van der Waals surface area contributed by atoms with E-state index in [1.807, 2.05) is 20.8 Å². The van der Waals surface area contributed by atoms with Gasteiger partial charge in [-0.1, -0.05) is 6.92 Å². The van der Waals surface area contributed by atoms with Crippen LogP contribution in [0.2, 0.25) is 0 Å². The molecule has 1 N–H and O–H groups in total. The molecule has 0 saturated heterocycles. The third-order valence-corrected chi connectivity index (χ3v) is 2.64. The Morgan fingerprint density at radius 1 is 1.35 bits per heavy atom. The number of aryl methyl sites for hydroxylation is 2. The van der Waals surface area contributed by atoms with Crippen LogP contribution in [0.25, 0.3) is 0 Å².